The third-order valence-electron chi connectivity index (χ3n) is 6.35. The summed E-state index contributed by atoms with van der Waals surface area (Å²) in [5, 5.41) is 3.24. The minimum Gasteiger partial charge on any atom is -0.456 e. The predicted octanol–water partition coefficient (Wildman–Crippen LogP) is 2.97. The molecule has 0 aliphatic heterocycles. The molecule has 1 atom stereocenters. The lowest BCUT2D eigenvalue weighted by molar-refractivity contribution is -0.150. The van der Waals surface area contributed by atoms with Crippen molar-refractivity contribution in [3.63, 3.8) is 0 Å². The van der Waals surface area contributed by atoms with E-state index in [-0.39, 0.29) is 24.0 Å². The van der Waals surface area contributed by atoms with Crippen LogP contribution in [0.5, 0.6) is 0 Å². The fraction of sp³-hybridized carbons (Fsp3) is 0.789. The van der Waals surface area contributed by atoms with E-state index in [1.165, 1.54) is 19.3 Å². The highest BCUT2D eigenvalue weighted by atomic mass is 16.5. The standard InChI is InChI=1S/C19H27NO3/c21-17(12-23-18(22)8-13-3-1-2-4-13)20-19-9-14-5-15(10-19)7-16(6-14)11-19/h1,3,13-16H,2,4-12H2,(H,20,21)/t13-,14?,15?,16?,19?/m0/s1. The monoisotopic (exact) mass is 317 g/mol. The van der Waals surface area contributed by atoms with Gasteiger partial charge in [0.05, 0.1) is 6.42 Å². The van der Waals surface area contributed by atoms with Gasteiger partial charge >= 0.3 is 5.97 Å². The number of esters is 1. The smallest absolute Gasteiger partial charge is 0.306 e. The summed E-state index contributed by atoms with van der Waals surface area (Å²) in [4.78, 5) is 24.1. The molecule has 5 aliphatic rings. The molecule has 0 aromatic heterocycles. The van der Waals surface area contributed by atoms with Gasteiger partial charge in [0.25, 0.3) is 5.91 Å². The maximum atomic E-state index is 12.3. The molecule has 0 spiro atoms. The van der Waals surface area contributed by atoms with Crippen LogP contribution in [-0.2, 0) is 14.3 Å². The number of allylic oxidation sites excluding steroid dienone is 2. The van der Waals surface area contributed by atoms with Crippen molar-refractivity contribution in [2.45, 2.75) is 63.3 Å². The largest absolute Gasteiger partial charge is 0.456 e. The number of rotatable bonds is 5. The van der Waals surface area contributed by atoms with E-state index >= 15 is 0 Å². The number of carbonyl (C=O) groups is 2. The topological polar surface area (TPSA) is 55.4 Å². The normalized spacial score (nSPS) is 40.3. The molecule has 1 amide bonds. The fourth-order valence-corrected chi connectivity index (χ4v) is 5.88. The Bertz CT molecular complexity index is 489. The van der Waals surface area contributed by atoms with E-state index < -0.39 is 0 Å². The molecule has 0 saturated heterocycles. The second kappa shape index (κ2) is 5.95. The zero-order valence-electron chi connectivity index (χ0n) is 13.8. The van der Waals surface area contributed by atoms with Crippen LogP contribution < -0.4 is 5.32 Å². The van der Waals surface area contributed by atoms with Crippen LogP contribution in [0.15, 0.2) is 12.2 Å². The molecular formula is C19H27NO3. The van der Waals surface area contributed by atoms with Crippen LogP contribution in [0.4, 0.5) is 0 Å². The summed E-state index contributed by atoms with van der Waals surface area (Å²) in [6.07, 6.45) is 14.1. The molecule has 0 aromatic carbocycles. The predicted molar refractivity (Wildman–Crippen MR) is 86.5 cm³/mol. The van der Waals surface area contributed by atoms with Gasteiger partial charge in [-0.1, -0.05) is 12.2 Å². The molecular weight excluding hydrogens is 290 g/mol. The summed E-state index contributed by atoms with van der Waals surface area (Å²) < 4.78 is 5.19. The molecule has 4 fully saturated rings. The van der Waals surface area contributed by atoms with Gasteiger partial charge in [-0.2, -0.15) is 0 Å². The maximum absolute atomic E-state index is 12.3. The molecule has 0 unspecified atom stereocenters. The lowest BCUT2D eigenvalue weighted by atomic mass is 9.53. The van der Waals surface area contributed by atoms with Crippen LogP contribution in [0, 0.1) is 23.7 Å². The third kappa shape index (κ3) is 3.31. The van der Waals surface area contributed by atoms with Gasteiger partial charge in [0.2, 0.25) is 0 Å². The Morgan fingerprint density at radius 1 is 1.09 bits per heavy atom. The molecule has 4 heteroatoms. The van der Waals surface area contributed by atoms with Gasteiger partial charge in [0.1, 0.15) is 0 Å². The van der Waals surface area contributed by atoms with Crippen molar-refractivity contribution in [2.75, 3.05) is 6.61 Å². The molecule has 0 aromatic rings. The van der Waals surface area contributed by atoms with E-state index in [9.17, 15) is 9.59 Å². The zero-order chi connectivity index (χ0) is 15.9. The maximum Gasteiger partial charge on any atom is 0.306 e. The van der Waals surface area contributed by atoms with Crippen molar-refractivity contribution in [1.82, 2.24) is 5.32 Å². The van der Waals surface area contributed by atoms with Gasteiger partial charge in [-0.3, -0.25) is 9.59 Å². The number of nitrogens with one attached hydrogen (secondary N) is 1. The van der Waals surface area contributed by atoms with Gasteiger partial charge in [-0.15, -0.1) is 0 Å². The molecule has 5 rings (SSSR count). The number of amides is 1. The van der Waals surface area contributed by atoms with E-state index in [1.807, 2.05) is 0 Å². The number of carbonyl (C=O) groups excluding carboxylic acids is 2. The molecule has 4 bridgehead atoms. The molecule has 0 radical (unpaired) electrons. The Morgan fingerprint density at radius 3 is 2.30 bits per heavy atom. The lowest BCUT2D eigenvalue weighted by Gasteiger charge is -2.56. The fourth-order valence-electron chi connectivity index (χ4n) is 5.88. The van der Waals surface area contributed by atoms with Crippen molar-refractivity contribution in [1.29, 1.82) is 0 Å². The van der Waals surface area contributed by atoms with Crippen molar-refractivity contribution in [3.05, 3.63) is 12.2 Å². The molecule has 4 saturated carbocycles. The Balaban J connectivity index is 1.25. The first-order chi connectivity index (χ1) is 11.1. The molecule has 23 heavy (non-hydrogen) atoms. The van der Waals surface area contributed by atoms with Crippen LogP contribution in [-0.4, -0.2) is 24.0 Å². The van der Waals surface area contributed by atoms with Crippen LogP contribution in [0.2, 0.25) is 0 Å². The Labute approximate surface area is 138 Å². The highest BCUT2D eigenvalue weighted by molar-refractivity contribution is 5.81. The first-order valence-electron chi connectivity index (χ1n) is 9.23. The van der Waals surface area contributed by atoms with Gasteiger partial charge in [-0.05, 0) is 75.0 Å². The highest BCUT2D eigenvalue weighted by Gasteiger charge is 2.51. The minimum absolute atomic E-state index is 0.00638. The van der Waals surface area contributed by atoms with Crippen LogP contribution in [0.25, 0.3) is 0 Å². The van der Waals surface area contributed by atoms with Crippen molar-refractivity contribution in [2.24, 2.45) is 23.7 Å². The second-order valence-electron chi connectivity index (χ2n) is 8.38. The molecule has 0 heterocycles. The molecule has 5 aliphatic carbocycles. The quantitative estimate of drug-likeness (QED) is 0.626. The molecule has 1 N–H and O–H groups in total. The first kappa shape index (κ1) is 15.2. The molecule has 126 valence electrons. The van der Waals surface area contributed by atoms with E-state index in [0.29, 0.717) is 12.3 Å². The van der Waals surface area contributed by atoms with Gasteiger partial charge in [-0.25, -0.2) is 0 Å². The average Bonchev–Trinajstić information content (AvgIpc) is 2.96. The molecule has 4 nitrogen and oxygen atoms in total. The van der Waals surface area contributed by atoms with Crippen LogP contribution in [0.1, 0.15) is 57.8 Å². The van der Waals surface area contributed by atoms with E-state index in [1.54, 1.807) is 0 Å². The van der Waals surface area contributed by atoms with E-state index in [0.717, 1.165) is 49.9 Å². The summed E-state index contributed by atoms with van der Waals surface area (Å²) >= 11 is 0. The minimum atomic E-state index is -0.248. The zero-order valence-corrected chi connectivity index (χ0v) is 13.8. The van der Waals surface area contributed by atoms with Crippen LogP contribution in [0.3, 0.4) is 0 Å². The van der Waals surface area contributed by atoms with Crippen molar-refractivity contribution in [3.8, 4) is 0 Å². The summed E-state index contributed by atoms with van der Waals surface area (Å²) in [5.74, 6) is 2.35. The van der Waals surface area contributed by atoms with E-state index in [2.05, 4.69) is 17.5 Å². The second-order valence-corrected chi connectivity index (χ2v) is 8.38. The average molecular weight is 317 g/mol. The van der Waals surface area contributed by atoms with Gasteiger partial charge < -0.3 is 10.1 Å². The number of ether oxygens (including phenoxy) is 1. The SMILES string of the molecule is O=C(COC(=O)C[C@H]1C=CCC1)NC12CC3CC(CC(C3)C1)C2. The van der Waals surface area contributed by atoms with E-state index in [4.69, 9.17) is 4.74 Å². The third-order valence-corrected chi connectivity index (χ3v) is 6.35. The highest BCUT2D eigenvalue weighted by Crippen LogP contribution is 2.55. The van der Waals surface area contributed by atoms with Gasteiger partial charge in [0, 0.05) is 5.54 Å². The van der Waals surface area contributed by atoms with Crippen molar-refractivity contribution >= 4 is 11.9 Å². The van der Waals surface area contributed by atoms with Crippen LogP contribution >= 0.6 is 0 Å². The first-order valence-corrected chi connectivity index (χ1v) is 9.23. The summed E-state index contributed by atoms with van der Waals surface area (Å²) in [7, 11) is 0. The Kier molecular flexibility index (Phi) is 3.94. The van der Waals surface area contributed by atoms with Crippen molar-refractivity contribution < 1.29 is 14.3 Å². The number of hydrogen-bond donors (Lipinski definition) is 1. The Morgan fingerprint density at radius 2 is 1.74 bits per heavy atom. The lowest BCUT2D eigenvalue weighted by Crippen LogP contribution is -2.60. The number of hydrogen-bond acceptors (Lipinski definition) is 3. The summed E-state index contributed by atoms with van der Waals surface area (Å²) in [5.41, 5.74) is 0.00638. The Hall–Kier alpha value is -1.32. The summed E-state index contributed by atoms with van der Waals surface area (Å²) in [6, 6.07) is 0. The van der Waals surface area contributed by atoms with Gasteiger partial charge in [0.15, 0.2) is 6.61 Å². The summed E-state index contributed by atoms with van der Waals surface area (Å²) in [6.45, 7) is -0.114.